The van der Waals surface area contributed by atoms with E-state index >= 15 is 0 Å². The van der Waals surface area contributed by atoms with Gasteiger partial charge >= 0.3 is 0 Å². The van der Waals surface area contributed by atoms with Gasteiger partial charge in [-0.25, -0.2) is 0 Å². The van der Waals surface area contributed by atoms with Gasteiger partial charge in [0.15, 0.2) is 11.6 Å². The Kier molecular flexibility index (Phi) is 8.46. The van der Waals surface area contributed by atoms with Gasteiger partial charge in [0.2, 0.25) is 5.91 Å². The Hall–Kier alpha value is -2.74. The van der Waals surface area contributed by atoms with Crippen LogP contribution in [0.15, 0.2) is 12.1 Å². The summed E-state index contributed by atoms with van der Waals surface area (Å²) in [6.07, 6.45) is 10.7. The number of nitrogens with zero attached hydrogens (tertiary/aromatic N) is 4. The summed E-state index contributed by atoms with van der Waals surface area (Å²) in [5.41, 5.74) is 3.62. The minimum atomic E-state index is -0.543. The van der Waals surface area contributed by atoms with Crippen molar-refractivity contribution >= 4 is 34.1 Å². The largest absolute Gasteiger partial charge is 0.376 e. The van der Waals surface area contributed by atoms with Crippen LogP contribution in [0.1, 0.15) is 94.1 Å². The molecule has 2 bridgehead atoms. The molecule has 5 rings (SSSR count). The normalized spacial score (nSPS) is 23.7. The average Bonchev–Trinajstić information content (AvgIpc) is 3.66. The first-order chi connectivity index (χ1) is 18.5. The van der Waals surface area contributed by atoms with Gasteiger partial charge in [0.05, 0.1) is 11.6 Å². The highest BCUT2D eigenvalue weighted by Gasteiger charge is 2.41. The lowest BCUT2D eigenvalue weighted by Gasteiger charge is -2.27. The molecule has 8 heteroatoms. The molecule has 38 heavy (non-hydrogen) atoms. The molecule has 206 valence electrons. The van der Waals surface area contributed by atoms with Crippen LogP contribution >= 0.6 is 0 Å². The van der Waals surface area contributed by atoms with Gasteiger partial charge in [0, 0.05) is 50.7 Å². The fourth-order valence-corrected chi connectivity index (χ4v) is 6.50. The smallest absolute Gasteiger partial charge is 0.245 e. The van der Waals surface area contributed by atoms with Crippen molar-refractivity contribution < 1.29 is 19.1 Å². The Balaban J connectivity index is 1.56. The van der Waals surface area contributed by atoms with E-state index in [9.17, 15) is 14.4 Å². The predicted octanol–water partition coefficient (Wildman–Crippen LogP) is 4.70. The van der Waals surface area contributed by atoms with Crippen molar-refractivity contribution in [2.45, 2.75) is 103 Å². The van der Waals surface area contributed by atoms with Gasteiger partial charge in [-0.3, -0.25) is 19.1 Å². The van der Waals surface area contributed by atoms with Crippen molar-refractivity contribution in [3.63, 3.8) is 0 Å². The summed E-state index contributed by atoms with van der Waals surface area (Å²) in [4.78, 5) is 43.5. The second-order valence-electron chi connectivity index (χ2n) is 11.2. The topological polar surface area (TPSA) is 84.7 Å². The van der Waals surface area contributed by atoms with Gasteiger partial charge in [0.25, 0.3) is 0 Å². The molecule has 2 aromatic rings. The Bertz CT molecular complexity index is 1180. The Labute approximate surface area is 225 Å². The second-order valence-corrected chi connectivity index (χ2v) is 11.2. The lowest BCUT2D eigenvalue weighted by Crippen LogP contribution is -2.47. The molecule has 2 saturated heterocycles. The zero-order valence-corrected chi connectivity index (χ0v) is 23.0. The number of ketones is 2. The van der Waals surface area contributed by atoms with E-state index in [2.05, 4.69) is 17.0 Å². The number of aryl methyl sites for hydroxylation is 1. The summed E-state index contributed by atoms with van der Waals surface area (Å²) in [5, 5.41) is 5.55. The summed E-state index contributed by atoms with van der Waals surface area (Å²) in [7, 11) is 0. The highest BCUT2D eigenvalue weighted by atomic mass is 16.5. The Morgan fingerprint density at radius 2 is 1.74 bits per heavy atom. The van der Waals surface area contributed by atoms with E-state index in [1.54, 1.807) is 16.5 Å². The molecule has 1 aromatic carbocycles. The molecule has 0 aliphatic carbocycles. The average molecular weight is 523 g/mol. The maximum atomic E-state index is 13.7. The number of rotatable bonds is 4. The SMILES string of the molecule is CCC(=O)[C@@H]1[C@H]2CCN1C(=O)Cn1nc(C(C)=O)c3cc(N4CCCC4)cc(c31)CCCCCCCCO2. The molecule has 1 amide bonds. The first kappa shape index (κ1) is 26.9. The zero-order valence-electron chi connectivity index (χ0n) is 23.0. The molecule has 0 spiro atoms. The number of benzene rings is 1. The number of aromatic nitrogens is 2. The van der Waals surface area contributed by atoms with E-state index in [0.29, 0.717) is 31.7 Å². The van der Waals surface area contributed by atoms with Gasteiger partial charge in [-0.1, -0.05) is 32.6 Å². The Morgan fingerprint density at radius 1 is 1.00 bits per heavy atom. The number of amides is 1. The number of fused-ring (bicyclic) bond motifs is 2. The van der Waals surface area contributed by atoms with E-state index in [1.807, 2.05) is 6.92 Å². The fraction of sp³-hybridized carbons (Fsp3) is 0.667. The molecule has 2 fully saturated rings. The summed E-state index contributed by atoms with van der Waals surface area (Å²) in [6.45, 7) is 6.60. The van der Waals surface area contributed by atoms with Crippen molar-refractivity contribution in [3.8, 4) is 0 Å². The highest BCUT2D eigenvalue weighted by Crippen LogP contribution is 2.33. The van der Waals surface area contributed by atoms with Crippen LogP contribution in [0.5, 0.6) is 0 Å². The van der Waals surface area contributed by atoms with Crippen molar-refractivity contribution in [2.75, 3.05) is 31.1 Å². The molecule has 0 N–H and O–H groups in total. The molecular weight excluding hydrogens is 480 g/mol. The summed E-state index contributed by atoms with van der Waals surface area (Å²) < 4.78 is 7.90. The van der Waals surface area contributed by atoms with Crippen molar-refractivity contribution in [2.24, 2.45) is 0 Å². The predicted molar refractivity (Wildman–Crippen MR) is 148 cm³/mol. The van der Waals surface area contributed by atoms with E-state index in [0.717, 1.165) is 67.3 Å². The standard InChI is InChI=1S/C30H42N4O4/c1-3-25(36)30-26-13-16-33(30)27(37)20-34-29-22(12-8-6-4-5-7-11-17-38-26)18-23(32-14-9-10-15-32)19-24(29)28(31-34)21(2)35/h18-19,26,30H,3-17,20H2,1-2H3/t26-,30-/m1/s1. The molecule has 0 saturated carbocycles. The second kappa shape index (κ2) is 12.0. The third-order valence-corrected chi connectivity index (χ3v) is 8.51. The van der Waals surface area contributed by atoms with Gasteiger partial charge in [0.1, 0.15) is 18.3 Å². The lowest BCUT2D eigenvalue weighted by atomic mass is 10.00. The number of carbonyl (C=O) groups is 3. The number of hydrogen-bond donors (Lipinski definition) is 0. The molecule has 4 heterocycles. The summed E-state index contributed by atoms with van der Waals surface area (Å²) in [6, 6.07) is 3.82. The van der Waals surface area contributed by atoms with Crippen molar-refractivity contribution in [1.82, 2.24) is 14.7 Å². The maximum Gasteiger partial charge on any atom is 0.245 e. The molecular formula is C30H42N4O4. The van der Waals surface area contributed by atoms with Gasteiger partial charge in [-0.05, 0) is 56.2 Å². The fourth-order valence-electron chi connectivity index (χ4n) is 6.50. The monoisotopic (exact) mass is 522 g/mol. The van der Waals surface area contributed by atoms with Crippen molar-refractivity contribution in [1.29, 1.82) is 0 Å². The van der Waals surface area contributed by atoms with E-state index in [1.165, 1.54) is 25.7 Å². The number of ether oxygens (including phenoxy) is 1. The van der Waals surface area contributed by atoms with Crippen LogP contribution in [0.2, 0.25) is 0 Å². The first-order valence-corrected chi connectivity index (χ1v) is 14.7. The van der Waals surface area contributed by atoms with Crippen LogP contribution in [0.3, 0.4) is 0 Å². The van der Waals surface area contributed by atoms with Gasteiger partial charge in [-0.2, -0.15) is 5.10 Å². The van der Waals surface area contributed by atoms with Crippen LogP contribution in [0, 0.1) is 0 Å². The van der Waals surface area contributed by atoms with Gasteiger partial charge < -0.3 is 14.5 Å². The maximum absolute atomic E-state index is 13.7. The molecule has 1 aromatic heterocycles. The minimum Gasteiger partial charge on any atom is -0.376 e. The van der Waals surface area contributed by atoms with Gasteiger partial charge in [-0.15, -0.1) is 0 Å². The van der Waals surface area contributed by atoms with Crippen LogP contribution < -0.4 is 4.90 Å². The van der Waals surface area contributed by atoms with E-state index in [-0.39, 0.29) is 30.1 Å². The van der Waals surface area contributed by atoms with Crippen molar-refractivity contribution in [3.05, 3.63) is 23.4 Å². The highest BCUT2D eigenvalue weighted by molar-refractivity contribution is 6.07. The third-order valence-electron chi connectivity index (χ3n) is 8.51. The number of Topliss-reactive ketones (excluding diaryl/α,β-unsaturated/α-hetero) is 2. The first-order valence-electron chi connectivity index (χ1n) is 14.7. The molecule has 3 aliphatic heterocycles. The molecule has 0 radical (unpaired) electrons. The molecule has 0 unspecified atom stereocenters. The summed E-state index contributed by atoms with van der Waals surface area (Å²) >= 11 is 0. The number of anilines is 1. The quantitative estimate of drug-likeness (QED) is 0.541. The lowest BCUT2D eigenvalue weighted by molar-refractivity contribution is -0.141. The van der Waals surface area contributed by atoms with E-state index < -0.39 is 6.04 Å². The van der Waals surface area contributed by atoms with E-state index in [4.69, 9.17) is 9.84 Å². The molecule has 2 atom stereocenters. The number of hydrogen-bond acceptors (Lipinski definition) is 6. The minimum absolute atomic E-state index is 0.0139. The number of carbonyl (C=O) groups excluding carboxylic acids is 3. The van der Waals surface area contributed by atoms with Crippen LogP contribution in [-0.2, 0) is 27.3 Å². The molecule has 3 aliphatic rings. The van der Waals surface area contributed by atoms with Crippen LogP contribution in [-0.4, -0.2) is 70.5 Å². The zero-order chi connectivity index (χ0) is 26.6. The van der Waals surface area contributed by atoms with Crippen LogP contribution in [0.25, 0.3) is 10.9 Å². The summed E-state index contributed by atoms with van der Waals surface area (Å²) in [5.74, 6) is -0.188. The van der Waals surface area contributed by atoms with Crippen LogP contribution in [0.4, 0.5) is 5.69 Å². The Morgan fingerprint density at radius 3 is 2.47 bits per heavy atom. The molecule has 8 nitrogen and oxygen atoms in total. The third kappa shape index (κ3) is 5.51.